The third kappa shape index (κ3) is 3.56. The molecule has 0 aliphatic carbocycles. The molecular formula is C18H20N2O3. The molecule has 0 fully saturated rings. The highest BCUT2D eigenvalue weighted by molar-refractivity contribution is 5.84. The van der Waals surface area contributed by atoms with E-state index in [9.17, 15) is 4.79 Å². The first-order valence-electron chi connectivity index (χ1n) is 7.58. The Hall–Kier alpha value is -2.69. The smallest absolute Gasteiger partial charge is 0.244 e. The molecule has 0 spiro atoms. The molecule has 23 heavy (non-hydrogen) atoms. The molecule has 1 heterocycles. The minimum atomic E-state index is -0.330. The summed E-state index contributed by atoms with van der Waals surface area (Å²) in [4.78, 5) is 14.2. The van der Waals surface area contributed by atoms with Crippen LogP contribution in [0.15, 0.2) is 48.5 Å². The Morgan fingerprint density at radius 3 is 2.70 bits per heavy atom. The van der Waals surface area contributed by atoms with Crippen molar-refractivity contribution in [1.82, 2.24) is 4.90 Å². The van der Waals surface area contributed by atoms with Gasteiger partial charge in [-0.2, -0.15) is 0 Å². The maximum absolute atomic E-state index is 12.5. The van der Waals surface area contributed by atoms with Crippen LogP contribution in [0, 0.1) is 0 Å². The Bertz CT molecular complexity index is 688. The molecule has 0 radical (unpaired) electrons. The zero-order valence-corrected chi connectivity index (χ0v) is 13.3. The van der Waals surface area contributed by atoms with E-state index in [4.69, 9.17) is 9.47 Å². The molecular weight excluding hydrogens is 292 g/mol. The summed E-state index contributed by atoms with van der Waals surface area (Å²) in [6, 6.07) is 15.2. The summed E-state index contributed by atoms with van der Waals surface area (Å²) >= 11 is 0. The second-order valence-corrected chi connectivity index (χ2v) is 5.61. The number of nitrogens with zero attached hydrogens (tertiary/aromatic N) is 1. The van der Waals surface area contributed by atoms with E-state index < -0.39 is 0 Å². The van der Waals surface area contributed by atoms with Gasteiger partial charge in [0.05, 0.1) is 0 Å². The molecule has 3 rings (SSSR count). The van der Waals surface area contributed by atoms with E-state index in [2.05, 4.69) is 5.32 Å². The number of ether oxygens (including phenoxy) is 2. The lowest BCUT2D eigenvalue weighted by atomic mass is 10.2. The quantitative estimate of drug-likeness (QED) is 0.922. The number of nitrogens with one attached hydrogen (secondary N) is 1. The van der Waals surface area contributed by atoms with Gasteiger partial charge < -0.3 is 19.7 Å². The number of likely N-dealkylation sites (N-methyl/N-ethyl adjacent to an activating group) is 1. The van der Waals surface area contributed by atoms with Gasteiger partial charge in [-0.05, 0) is 24.6 Å². The first-order chi connectivity index (χ1) is 11.1. The SMILES string of the molecule is C[C@@H](Nc1ccc2c(c1)OCO2)C(=O)N(C)Cc1ccccc1. The monoisotopic (exact) mass is 312 g/mol. The zero-order valence-electron chi connectivity index (χ0n) is 13.3. The number of amides is 1. The third-order valence-electron chi connectivity index (χ3n) is 3.76. The van der Waals surface area contributed by atoms with E-state index in [1.165, 1.54) is 0 Å². The number of carbonyl (C=O) groups excluding carboxylic acids is 1. The van der Waals surface area contributed by atoms with Crippen LogP contribution in [0.3, 0.4) is 0 Å². The molecule has 0 unspecified atom stereocenters. The van der Waals surface area contributed by atoms with Crippen LogP contribution in [-0.2, 0) is 11.3 Å². The largest absolute Gasteiger partial charge is 0.454 e. The van der Waals surface area contributed by atoms with E-state index >= 15 is 0 Å². The summed E-state index contributed by atoms with van der Waals surface area (Å²) < 4.78 is 10.6. The second kappa shape index (κ2) is 6.60. The molecule has 0 bridgehead atoms. The van der Waals surface area contributed by atoms with Crippen LogP contribution < -0.4 is 14.8 Å². The molecule has 5 heteroatoms. The molecule has 1 aliphatic heterocycles. The highest BCUT2D eigenvalue weighted by Crippen LogP contribution is 2.34. The molecule has 1 atom stereocenters. The minimum Gasteiger partial charge on any atom is -0.454 e. The van der Waals surface area contributed by atoms with Gasteiger partial charge in [-0.3, -0.25) is 4.79 Å². The van der Waals surface area contributed by atoms with Crippen molar-refractivity contribution in [2.75, 3.05) is 19.2 Å². The Morgan fingerprint density at radius 1 is 1.17 bits per heavy atom. The number of hydrogen-bond acceptors (Lipinski definition) is 4. The predicted molar refractivity (Wildman–Crippen MR) is 88.6 cm³/mol. The van der Waals surface area contributed by atoms with Gasteiger partial charge in [0.15, 0.2) is 11.5 Å². The maximum atomic E-state index is 12.5. The standard InChI is InChI=1S/C18H20N2O3/c1-13(18(21)20(2)11-14-6-4-3-5-7-14)19-15-8-9-16-17(10-15)23-12-22-16/h3-10,13,19H,11-12H2,1-2H3/t13-/m1/s1. The van der Waals surface area contributed by atoms with Gasteiger partial charge >= 0.3 is 0 Å². The van der Waals surface area contributed by atoms with Crippen molar-refractivity contribution in [3.8, 4) is 11.5 Å². The van der Waals surface area contributed by atoms with Gasteiger partial charge in [-0.1, -0.05) is 30.3 Å². The summed E-state index contributed by atoms with van der Waals surface area (Å²) in [6.45, 7) is 2.69. The fourth-order valence-corrected chi connectivity index (χ4v) is 2.56. The lowest BCUT2D eigenvalue weighted by Gasteiger charge is -2.23. The van der Waals surface area contributed by atoms with Crippen molar-refractivity contribution in [2.24, 2.45) is 0 Å². The van der Waals surface area contributed by atoms with Crippen molar-refractivity contribution < 1.29 is 14.3 Å². The van der Waals surface area contributed by atoms with Crippen molar-refractivity contribution in [3.05, 3.63) is 54.1 Å². The van der Waals surface area contributed by atoms with Crippen LogP contribution in [0.1, 0.15) is 12.5 Å². The summed E-state index contributed by atoms with van der Waals surface area (Å²) in [7, 11) is 1.81. The van der Waals surface area contributed by atoms with Crippen LogP contribution >= 0.6 is 0 Å². The van der Waals surface area contributed by atoms with Crippen molar-refractivity contribution >= 4 is 11.6 Å². The van der Waals surface area contributed by atoms with Crippen LogP contribution in [0.2, 0.25) is 0 Å². The van der Waals surface area contributed by atoms with E-state index in [0.717, 1.165) is 17.0 Å². The number of carbonyl (C=O) groups is 1. The summed E-state index contributed by atoms with van der Waals surface area (Å²) in [5, 5.41) is 3.21. The third-order valence-corrected chi connectivity index (χ3v) is 3.76. The van der Waals surface area contributed by atoms with Gasteiger partial charge in [-0.25, -0.2) is 0 Å². The van der Waals surface area contributed by atoms with Crippen molar-refractivity contribution in [2.45, 2.75) is 19.5 Å². The molecule has 2 aromatic carbocycles. The fourth-order valence-electron chi connectivity index (χ4n) is 2.56. The van der Waals surface area contributed by atoms with Crippen LogP contribution in [-0.4, -0.2) is 30.7 Å². The molecule has 0 saturated carbocycles. The predicted octanol–water partition coefficient (Wildman–Crippen LogP) is 2.87. The number of hydrogen-bond donors (Lipinski definition) is 1. The number of fused-ring (bicyclic) bond motifs is 1. The van der Waals surface area contributed by atoms with E-state index in [1.54, 1.807) is 4.90 Å². The lowest BCUT2D eigenvalue weighted by Crippen LogP contribution is -2.38. The van der Waals surface area contributed by atoms with Crippen LogP contribution in [0.25, 0.3) is 0 Å². The number of anilines is 1. The van der Waals surface area contributed by atoms with E-state index in [1.807, 2.05) is 62.5 Å². The molecule has 2 aromatic rings. The highest BCUT2D eigenvalue weighted by atomic mass is 16.7. The number of rotatable bonds is 5. The highest BCUT2D eigenvalue weighted by Gasteiger charge is 2.19. The van der Waals surface area contributed by atoms with E-state index in [-0.39, 0.29) is 18.7 Å². The summed E-state index contributed by atoms with van der Waals surface area (Å²) in [6.07, 6.45) is 0. The minimum absolute atomic E-state index is 0.0338. The van der Waals surface area contributed by atoms with Crippen molar-refractivity contribution in [1.29, 1.82) is 0 Å². The van der Waals surface area contributed by atoms with Crippen LogP contribution in [0.5, 0.6) is 11.5 Å². The van der Waals surface area contributed by atoms with Gasteiger partial charge in [0, 0.05) is 25.3 Å². The lowest BCUT2D eigenvalue weighted by molar-refractivity contribution is -0.130. The van der Waals surface area contributed by atoms with E-state index in [0.29, 0.717) is 12.3 Å². The molecule has 1 amide bonds. The first kappa shape index (κ1) is 15.2. The molecule has 120 valence electrons. The Balaban J connectivity index is 1.61. The maximum Gasteiger partial charge on any atom is 0.244 e. The number of benzene rings is 2. The van der Waals surface area contributed by atoms with Crippen molar-refractivity contribution in [3.63, 3.8) is 0 Å². The van der Waals surface area contributed by atoms with Gasteiger partial charge in [0.1, 0.15) is 6.04 Å². The summed E-state index contributed by atoms with van der Waals surface area (Å²) in [5.41, 5.74) is 1.95. The fraction of sp³-hybridized carbons (Fsp3) is 0.278. The Labute approximate surface area is 135 Å². The Morgan fingerprint density at radius 2 is 1.91 bits per heavy atom. The molecule has 1 aliphatic rings. The van der Waals surface area contributed by atoms with Crippen LogP contribution in [0.4, 0.5) is 5.69 Å². The average molecular weight is 312 g/mol. The molecule has 0 saturated heterocycles. The topological polar surface area (TPSA) is 50.8 Å². The van der Waals surface area contributed by atoms with Gasteiger partial charge in [0.25, 0.3) is 0 Å². The average Bonchev–Trinajstić information content (AvgIpc) is 3.02. The molecule has 1 N–H and O–H groups in total. The second-order valence-electron chi connectivity index (χ2n) is 5.61. The zero-order chi connectivity index (χ0) is 16.2. The van der Waals surface area contributed by atoms with Gasteiger partial charge in [-0.15, -0.1) is 0 Å². The molecule has 5 nitrogen and oxygen atoms in total. The Kier molecular flexibility index (Phi) is 4.37. The molecule has 0 aromatic heterocycles. The van der Waals surface area contributed by atoms with Gasteiger partial charge in [0.2, 0.25) is 12.7 Å². The summed E-state index contributed by atoms with van der Waals surface area (Å²) in [5.74, 6) is 1.47. The normalized spacial score (nSPS) is 13.5. The first-order valence-corrected chi connectivity index (χ1v) is 7.58.